The molecule has 6 nitrogen and oxygen atoms in total. The first-order valence-corrected chi connectivity index (χ1v) is 6.79. The molecule has 0 fully saturated rings. The van der Waals surface area contributed by atoms with Gasteiger partial charge in [-0.3, -0.25) is 5.32 Å². The van der Waals surface area contributed by atoms with Crippen molar-refractivity contribution in [3.8, 4) is 0 Å². The molecule has 1 aromatic rings. The van der Waals surface area contributed by atoms with Gasteiger partial charge in [0.2, 0.25) is 0 Å². The van der Waals surface area contributed by atoms with Gasteiger partial charge in [0.15, 0.2) is 0 Å². The first kappa shape index (κ1) is 16.9. The Bertz CT molecular complexity index is 514. The number of carbonyl (C=O) groups is 1. The lowest BCUT2D eigenvalue weighted by molar-refractivity contribution is -0.152. The summed E-state index contributed by atoms with van der Waals surface area (Å²) in [6, 6.07) is 5.70. The zero-order valence-electron chi connectivity index (χ0n) is 12.2. The number of halogens is 1. The molecule has 1 unspecified atom stereocenters. The van der Waals surface area contributed by atoms with Crippen molar-refractivity contribution in [2.24, 2.45) is 5.11 Å². The summed E-state index contributed by atoms with van der Waals surface area (Å²) in [5.74, 6) is -0.804. The van der Waals surface area contributed by atoms with Crippen LogP contribution in [0.3, 0.4) is 0 Å². The number of hydrogen-bond acceptors (Lipinski definition) is 4. The lowest BCUT2D eigenvalue weighted by Gasteiger charge is -2.32. The van der Waals surface area contributed by atoms with Crippen molar-refractivity contribution in [1.29, 1.82) is 0 Å². The summed E-state index contributed by atoms with van der Waals surface area (Å²) in [5.41, 5.74) is 7.83. The van der Waals surface area contributed by atoms with Gasteiger partial charge in [-0.15, -0.1) is 0 Å². The Kier molecular flexibility index (Phi) is 6.65. The minimum atomic E-state index is -1.07. The van der Waals surface area contributed by atoms with Crippen LogP contribution in [0.1, 0.15) is 25.8 Å². The number of carbonyl (C=O) groups excluding carboxylic acids is 1. The number of benzene rings is 1. The van der Waals surface area contributed by atoms with E-state index < -0.39 is 11.5 Å². The third-order valence-corrected chi connectivity index (χ3v) is 3.19. The molecular weight excluding hydrogens is 275 g/mol. The first-order valence-electron chi connectivity index (χ1n) is 6.79. The van der Waals surface area contributed by atoms with Crippen LogP contribution < -0.4 is 5.32 Å². The number of nitrogens with zero attached hydrogens (tertiary/aromatic N) is 3. The SMILES string of the molecule is CCOC(=O)C(CC)(NCCN=[N+]=[N-])c1ccc(F)cc1. The van der Waals surface area contributed by atoms with E-state index in [-0.39, 0.29) is 19.0 Å². The van der Waals surface area contributed by atoms with Crippen molar-refractivity contribution in [3.63, 3.8) is 0 Å². The normalized spacial score (nSPS) is 13.1. The van der Waals surface area contributed by atoms with Gasteiger partial charge in [0.05, 0.1) is 6.61 Å². The van der Waals surface area contributed by atoms with Gasteiger partial charge in [0, 0.05) is 18.0 Å². The number of rotatable bonds is 8. The quantitative estimate of drug-likeness (QED) is 0.263. The van der Waals surface area contributed by atoms with E-state index in [0.717, 1.165) is 0 Å². The minimum absolute atomic E-state index is 0.207. The van der Waals surface area contributed by atoms with Crippen LogP contribution in [0.5, 0.6) is 0 Å². The highest BCUT2D eigenvalue weighted by Gasteiger charge is 2.39. The van der Waals surface area contributed by atoms with Gasteiger partial charge >= 0.3 is 5.97 Å². The molecule has 0 saturated heterocycles. The van der Waals surface area contributed by atoms with Crippen LogP contribution in [0.2, 0.25) is 0 Å². The topological polar surface area (TPSA) is 87.1 Å². The molecule has 0 aliphatic carbocycles. The van der Waals surface area contributed by atoms with Gasteiger partial charge in [-0.2, -0.15) is 0 Å². The third kappa shape index (κ3) is 4.18. The second kappa shape index (κ2) is 8.24. The van der Waals surface area contributed by atoms with E-state index in [1.54, 1.807) is 19.1 Å². The number of azide groups is 1. The fraction of sp³-hybridized carbons (Fsp3) is 0.500. The van der Waals surface area contributed by atoms with Crippen molar-refractivity contribution in [2.75, 3.05) is 19.7 Å². The van der Waals surface area contributed by atoms with Crippen LogP contribution >= 0.6 is 0 Å². The Morgan fingerprint density at radius 3 is 2.62 bits per heavy atom. The molecule has 0 amide bonds. The van der Waals surface area contributed by atoms with Crippen molar-refractivity contribution in [2.45, 2.75) is 25.8 Å². The van der Waals surface area contributed by atoms with E-state index in [2.05, 4.69) is 15.3 Å². The van der Waals surface area contributed by atoms with E-state index in [4.69, 9.17) is 10.3 Å². The van der Waals surface area contributed by atoms with Gasteiger partial charge < -0.3 is 4.74 Å². The molecule has 0 heterocycles. The zero-order valence-corrected chi connectivity index (χ0v) is 12.2. The van der Waals surface area contributed by atoms with Crippen LogP contribution in [-0.4, -0.2) is 25.7 Å². The summed E-state index contributed by atoms with van der Waals surface area (Å²) >= 11 is 0. The fourth-order valence-electron chi connectivity index (χ4n) is 2.12. The summed E-state index contributed by atoms with van der Waals surface area (Å²) in [4.78, 5) is 15.0. The van der Waals surface area contributed by atoms with Gasteiger partial charge in [-0.25, -0.2) is 9.18 Å². The first-order chi connectivity index (χ1) is 10.1. The second-order valence-corrected chi connectivity index (χ2v) is 4.37. The molecule has 1 aromatic carbocycles. The Labute approximate surface area is 122 Å². The van der Waals surface area contributed by atoms with E-state index in [1.807, 2.05) is 6.92 Å². The highest BCUT2D eigenvalue weighted by atomic mass is 19.1. The molecule has 0 aliphatic heterocycles. The highest BCUT2D eigenvalue weighted by molar-refractivity contribution is 5.82. The summed E-state index contributed by atoms with van der Waals surface area (Å²) in [7, 11) is 0. The summed E-state index contributed by atoms with van der Waals surface area (Å²) in [5, 5.41) is 6.50. The van der Waals surface area contributed by atoms with E-state index in [0.29, 0.717) is 18.5 Å². The maximum Gasteiger partial charge on any atom is 0.330 e. The lowest BCUT2D eigenvalue weighted by atomic mass is 9.87. The second-order valence-electron chi connectivity index (χ2n) is 4.37. The van der Waals surface area contributed by atoms with Crippen LogP contribution in [0.25, 0.3) is 10.4 Å². The molecule has 0 radical (unpaired) electrons. The maximum atomic E-state index is 13.1. The average molecular weight is 294 g/mol. The summed E-state index contributed by atoms with van der Waals surface area (Å²) in [6.45, 7) is 4.33. The fourth-order valence-corrected chi connectivity index (χ4v) is 2.12. The molecular formula is C14H19FN4O2. The molecule has 1 atom stereocenters. The van der Waals surface area contributed by atoms with Crippen molar-refractivity contribution >= 4 is 5.97 Å². The monoisotopic (exact) mass is 294 g/mol. The van der Waals surface area contributed by atoms with Crippen LogP contribution in [-0.2, 0) is 15.1 Å². The number of nitrogens with one attached hydrogen (secondary N) is 1. The number of esters is 1. The molecule has 1 rings (SSSR count). The van der Waals surface area contributed by atoms with Crippen LogP contribution in [0.4, 0.5) is 4.39 Å². The van der Waals surface area contributed by atoms with Crippen molar-refractivity contribution in [1.82, 2.24) is 5.32 Å². The summed E-state index contributed by atoms with van der Waals surface area (Å²) < 4.78 is 18.2. The average Bonchev–Trinajstić information content (AvgIpc) is 2.49. The van der Waals surface area contributed by atoms with Crippen LogP contribution in [0, 0.1) is 5.82 Å². The summed E-state index contributed by atoms with van der Waals surface area (Å²) in [6.07, 6.45) is 0.424. The number of ether oxygens (including phenoxy) is 1. The standard InChI is InChI=1S/C14H19FN4O2/c1-3-14(13(20)21-4-2,17-9-10-18-19-16)11-5-7-12(15)8-6-11/h5-8,17H,3-4,9-10H2,1-2H3. The minimum Gasteiger partial charge on any atom is -0.464 e. The zero-order chi connectivity index (χ0) is 15.7. The van der Waals surface area contributed by atoms with Crippen molar-refractivity contribution in [3.05, 3.63) is 46.1 Å². The highest BCUT2D eigenvalue weighted by Crippen LogP contribution is 2.27. The molecule has 114 valence electrons. The van der Waals surface area contributed by atoms with Crippen molar-refractivity contribution < 1.29 is 13.9 Å². The Hall–Kier alpha value is -2.11. The molecule has 1 N–H and O–H groups in total. The Morgan fingerprint density at radius 1 is 1.43 bits per heavy atom. The van der Waals surface area contributed by atoms with Gasteiger partial charge in [0.1, 0.15) is 11.4 Å². The van der Waals surface area contributed by atoms with E-state index in [9.17, 15) is 9.18 Å². The molecule has 7 heteroatoms. The van der Waals surface area contributed by atoms with Gasteiger partial charge in [-0.1, -0.05) is 24.2 Å². The lowest BCUT2D eigenvalue weighted by Crippen LogP contribution is -2.50. The molecule has 0 aliphatic rings. The smallest absolute Gasteiger partial charge is 0.330 e. The predicted octanol–water partition coefficient (Wildman–Crippen LogP) is 2.89. The molecule has 0 saturated carbocycles. The molecule has 21 heavy (non-hydrogen) atoms. The van der Waals surface area contributed by atoms with Gasteiger partial charge in [-0.05, 0) is 36.6 Å². The molecule has 0 bridgehead atoms. The largest absolute Gasteiger partial charge is 0.464 e. The molecule has 0 spiro atoms. The predicted molar refractivity (Wildman–Crippen MR) is 77.0 cm³/mol. The van der Waals surface area contributed by atoms with E-state index >= 15 is 0 Å². The molecule has 0 aromatic heterocycles. The number of hydrogen-bond donors (Lipinski definition) is 1. The third-order valence-electron chi connectivity index (χ3n) is 3.19. The Morgan fingerprint density at radius 2 is 2.10 bits per heavy atom. The van der Waals surface area contributed by atoms with Gasteiger partial charge in [0.25, 0.3) is 0 Å². The van der Waals surface area contributed by atoms with Crippen LogP contribution in [0.15, 0.2) is 29.4 Å². The Balaban J connectivity index is 3.08. The van der Waals surface area contributed by atoms with E-state index in [1.165, 1.54) is 12.1 Å². The maximum absolute atomic E-state index is 13.1.